The maximum absolute atomic E-state index is 13.4. The minimum atomic E-state index is 0.00311. The molecule has 0 heterocycles. The van der Waals surface area contributed by atoms with Crippen LogP contribution in [0.5, 0.6) is 0 Å². The number of carbonyl (C=O) groups is 1. The molecule has 0 aromatic heterocycles. The van der Waals surface area contributed by atoms with Gasteiger partial charge in [0.1, 0.15) is 0 Å². The van der Waals surface area contributed by atoms with E-state index in [9.17, 15) is 4.79 Å². The predicted octanol–water partition coefficient (Wildman–Crippen LogP) is 6.58. The molecule has 2 aromatic rings. The summed E-state index contributed by atoms with van der Waals surface area (Å²) in [6.45, 7) is 13.1. The maximum atomic E-state index is 13.4. The van der Waals surface area contributed by atoms with Crippen LogP contribution in [0.3, 0.4) is 0 Å². The number of ketones is 1. The molecule has 3 rings (SSSR count). The van der Waals surface area contributed by atoms with Crippen LogP contribution < -0.4 is 0 Å². The van der Waals surface area contributed by atoms with E-state index in [2.05, 4.69) is 65.8 Å². The monoisotopic (exact) mass is 344 g/mol. The van der Waals surface area contributed by atoms with E-state index >= 15 is 0 Å². The summed E-state index contributed by atoms with van der Waals surface area (Å²) in [4.78, 5) is 13.4. The summed E-state index contributed by atoms with van der Waals surface area (Å²) in [5.41, 5.74) is 7.72. The van der Waals surface area contributed by atoms with Crippen molar-refractivity contribution < 1.29 is 4.79 Å². The van der Waals surface area contributed by atoms with Gasteiger partial charge in [0.15, 0.2) is 5.78 Å². The van der Waals surface area contributed by atoms with Crippen molar-refractivity contribution in [2.24, 2.45) is 5.92 Å². The summed E-state index contributed by atoms with van der Waals surface area (Å²) in [6.07, 6.45) is 2.24. The predicted molar refractivity (Wildman–Crippen MR) is 111 cm³/mol. The van der Waals surface area contributed by atoms with Crippen LogP contribution in [0.2, 0.25) is 0 Å². The zero-order valence-corrected chi connectivity index (χ0v) is 16.7. The SMILES string of the molecule is CC1=CC(C)=C(c2ccc(C(C)(C)C)cc2C(=O)c2ccccc2)C1C. The lowest BCUT2D eigenvalue weighted by Gasteiger charge is -2.23. The van der Waals surface area contributed by atoms with Gasteiger partial charge in [0.05, 0.1) is 0 Å². The van der Waals surface area contributed by atoms with Gasteiger partial charge in [0.2, 0.25) is 0 Å². The molecule has 0 radical (unpaired) electrons. The molecule has 0 fully saturated rings. The van der Waals surface area contributed by atoms with Gasteiger partial charge in [-0.15, -0.1) is 0 Å². The zero-order valence-electron chi connectivity index (χ0n) is 16.7. The second-order valence-electron chi connectivity index (χ2n) is 8.41. The molecular formula is C25H28O. The quantitative estimate of drug-likeness (QED) is 0.574. The topological polar surface area (TPSA) is 17.1 Å². The number of hydrogen-bond donors (Lipinski definition) is 0. The number of benzene rings is 2. The van der Waals surface area contributed by atoms with E-state index in [0.717, 1.165) is 16.7 Å². The molecule has 26 heavy (non-hydrogen) atoms. The molecule has 1 nitrogen and oxygen atoms in total. The molecule has 0 spiro atoms. The Kier molecular flexibility index (Phi) is 4.75. The summed E-state index contributed by atoms with van der Waals surface area (Å²) in [5, 5.41) is 0. The summed E-state index contributed by atoms with van der Waals surface area (Å²) >= 11 is 0. The molecule has 1 aliphatic rings. The van der Waals surface area contributed by atoms with Crippen molar-refractivity contribution in [1.29, 1.82) is 0 Å². The molecule has 1 heteroatoms. The van der Waals surface area contributed by atoms with Crippen LogP contribution in [0.4, 0.5) is 0 Å². The molecule has 0 N–H and O–H groups in total. The smallest absolute Gasteiger partial charge is 0.193 e. The highest BCUT2D eigenvalue weighted by Crippen LogP contribution is 2.40. The number of carbonyl (C=O) groups excluding carboxylic acids is 1. The Morgan fingerprint density at radius 1 is 0.962 bits per heavy atom. The van der Waals surface area contributed by atoms with Gasteiger partial charge in [-0.05, 0) is 47.6 Å². The van der Waals surface area contributed by atoms with E-state index in [-0.39, 0.29) is 11.2 Å². The average molecular weight is 344 g/mol. The van der Waals surface area contributed by atoms with Crippen molar-refractivity contribution in [2.75, 3.05) is 0 Å². The van der Waals surface area contributed by atoms with Crippen molar-refractivity contribution in [3.63, 3.8) is 0 Å². The fraction of sp³-hybridized carbons (Fsp3) is 0.320. The van der Waals surface area contributed by atoms with Gasteiger partial charge in [-0.2, -0.15) is 0 Å². The van der Waals surface area contributed by atoms with E-state index in [1.54, 1.807) is 0 Å². The van der Waals surface area contributed by atoms with Gasteiger partial charge < -0.3 is 0 Å². The van der Waals surface area contributed by atoms with Gasteiger partial charge in [-0.3, -0.25) is 4.79 Å². The Morgan fingerprint density at radius 3 is 2.15 bits per heavy atom. The molecule has 1 aliphatic carbocycles. The van der Waals surface area contributed by atoms with Crippen molar-refractivity contribution in [3.05, 3.63) is 88.0 Å². The van der Waals surface area contributed by atoms with Crippen LogP contribution in [-0.2, 0) is 5.41 Å². The minimum absolute atomic E-state index is 0.00311. The molecule has 0 bridgehead atoms. The number of allylic oxidation sites excluding steroid dienone is 4. The molecule has 134 valence electrons. The first-order valence-electron chi connectivity index (χ1n) is 9.33. The van der Waals surface area contributed by atoms with E-state index < -0.39 is 0 Å². The number of hydrogen-bond acceptors (Lipinski definition) is 1. The van der Waals surface area contributed by atoms with Crippen LogP contribution in [-0.4, -0.2) is 5.78 Å². The maximum Gasteiger partial charge on any atom is 0.193 e. The van der Waals surface area contributed by atoms with Crippen LogP contribution in [0, 0.1) is 5.92 Å². The highest BCUT2D eigenvalue weighted by Gasteiger charge is 2.26. The molecule has 1 unspecified atom stereocenters. The first kappa shape index (κ1) is 18.4. The molecular weight excluding hydrogens is 316 g/mol. The van der Waals surface area contributed by atoms with Crippen molar-refractivity contribution in [3.8, 4) is 0 Å². The van der Waals surface area contributed by atoms with Crippen LogP contribution in [0.25, 0.3) is 5.57 Å². The van der Waals surface area contributed by atoms with Gasteiger partial charge >= 0.3 is 0 Å². The normalized spacial score (nSPS) is 17.5. The van der Waals surface area contributed by atoms with Crippen molar-refractivity contribution in [2.45, 2.75) is 47.0 Å². The van der Waals surface area contributed by atoms with Gasteiger partial charge in [-0.1, -0.05) is 81.8 Å². The van der Waals surface area contributed by atoms with E-state index in [0.29, 0.717) is 5.92 Å². The Morgan fingerprint density at radius 2 is 1.62 bits per heavy atom. The largest absolute Gasteiger partial charge is 0.289 e. The molecule has 2 aromatic carbocycles. The first-order valence-corrected chi connectivity index (χ1v) is 9.33. The highest BCUT2D eigenvalue weighted by atomic mass is 16.1. The molecule has 0 saturated heterocycles. The summed E-state index contributed by atoms with van der Waals surface area (Å²) < 4.78 is 0. The van der Waals surface area contributed by atoms with E-state index in [1.807, 2.05) is 30.3 Å². The lowest BCUT2D eigenvalue weighted by atomic mass is 9.81. The Bertz CT molecular complexity index is 905. The first-order chi connectivity index (χ1) is 12.2. The second-order valence-corrected chi connectivity index (χ2v) is 8.41. The van der Waals surface area contributed by atoms with Crippen molar-refractivity contribution in [1.82, 2.24) is 0 Å². The van der Waals surface area contributed by atoms with Crippen LogP contribution in [0.1, 0.15) is 68.6 Å². The fourth-order valence-electron chi connectivity index (χ4n) is 3.74. The standard InChI is InChI=1S/C25H28O/c1-16-14-17(2)23(18(16)3)21-13-12-20(25(4,5)6)15-22(21)24(26)19-10-8-7-9-11-19/h7-15,18H,1-6H3. The van der Waals surface area contributed by atoms with Gasteiger partial charge in [-0.25, -0.2) is 0 Å². The minimum Gasteiger partial charge on any atom is -0.289 e. The zero-order chi connectivity index (χ0) is 19.1. The Hall–Kier alpha value is -2.41. The third kappa shape index (κ3) is 3.31. The lowest BCUT2D eigenvalue weighted by Crippen LogP contribution is -2.15. The third-order valence-corrected chi connectivity index (χ3v) is 5.44. The second kappa shape index (κ2) is 6.72. The Balaban J connectivity index is 2.20. The van der Waals surface area contributed by atoms with Crippen LogP contribution in [0.15, 0.2) is 65.8 Å². The summed E-state index contributed by atoms with van der Waals surface area (Å²) in [7, 11) is 0. The fourth-order valence-corrected chi connectivity index (χ4v) is 3.74. The molecule has 0 aliphatic heterocycles. The third-order valence-electron chi connectivity index (χ3n) is 5.44. The van der Waals surface area contributed by atoms with E-state index in [4.69, 9.17) is 0 Å². The Labute approximate surface area is 157 Å². The lowest BCUT2D eigenvalue weighted by molar-refractivity contribution is 0.103. The highest BCUT2D eigenvalue weighted by molar-refractivity contribution is 6.12. The number of rotatable bonds is 3. The molecule has 0 saturated carbocycles. The summed E-state index contributed by atoms with van der Waals surface area (Å²) in [5.74, 6) is 0.446. The van der Waals surface area contributed by atoms with Gasteiger partial charge in [0.25, 0.3) is 0 Å². The molecule has 1 atom stereocenters. The van der Waals surface area contributed by atoms with E-state index in [1.165, 1.54) is 22.3 Å². The molecule has 0 amide bonds. The van der Waals surface area contributed by atoms with Gasteiger partial charge in [0, 0.05) is 17.0 Å². The summed E-state index contributed by atoms with van der Waals surface area (Å²) in [6, 6.07) is 16.0. The average Bonchev–Trinajstić information content (AvgIpc) is 2.86. The van der Waals surface area contributed by atoms with Crippen LogP contribution >= 0.6 is 0 Å². The van der Waals surface area contributed by atoms with Crippen molar-refractivity contribution >= 4 is 11.4 Å².